The highest BCUT2D eigenvalue weighted by Crippen LogP contribution is 2.24. The fourth-order valence-electron chi connectivity index (χ4n) is 1.21. The fourth-order valence-corrected chi connectivity index (χ4v) is 2.98. The number of hydrogen-bond acceptors (Lipinski definition) is 1. The Hall–Kier alpha value is 0.310. The minimum Gasteiger partial charge on any atom is -0.616 e. The summed E-state index contributed by atoms with van der Waals surface area (Å²) in [5.74, 6) is 3.38. The van der Waals surface area contributed by atoms with Gasteiger partial charge in [-0.3, -0.25) is 0 Å². The Morgan fingerprint density at radius 1 is 1.56 bits per heavy atom. The smallest absolute Gasteiger partial charge is 0.108 e. The second kappa shape index (κ2) is 2.93. The molecule has 0 N–H and O–H groups in total. The minimum absolute atomic E-state index is 0.473. The molecule has 2 unspecified atom stereocenters. The molecule has 0 aromatic rings. The third-order valence-electron chi connectivity index (χ3n) is 2.06. The number of hydrogen-bond donors (Lipinski definition) is 0. The highest BCUT2D eigenvalue weighted by atomic mass is 32.2. The third kappa shape index (κ3) is 1.87. The Balaban J connectivity index is 2.30. The molecule has 0 amide bonds. The second-order valence-corrected chi connectivity index (χ2v) is 4.72. The lowest BCUT2D eigenvalue weighted by Gasteiger charge is -2.09. The molecule has 0 spiro atoms. The predicted molar refractivity (Wildman–Crippen MR) is 40.8 cm³/mol. The largest absolute Gasteiger partial charge is 0.616 e. The molecule has 9 heavy (non-hydrogen) atoms. The monoisotopic (exact) mass is 146 g/mol. The van der Waals surface area contributed by atoms with E-state index in [1.165, 1.54) is 6.42 Å². The standard InChI is InChI=1S/C7H14OS/c1-6(2)7-3-4-9(8)5-7/h6-7H,3-5H2,1-2H3. The van der Waals surface area contributed by atoms with Crippen LogP contribution in [0.2, 0.25) is 0 Å². The molecule has 0 aromatic carbocycles. The summed E-state index contributed by atoms with van der Waals surface area (Å²) in [6.45, 7) is 4.43. The molecule has 0 saturated carbocycles. The van der Waals surface area contributed by atoms with Gasteiger partial charge in [0, 0.05) is 5.92 Å². The van der Waals surface area contributed by atoms with Crippen LogP contribution >= 0.6 is 0 Å². The van der Waals surface area contributed by atoms with E-state index in [0.29, 0.717) is 0 Å². The van der Waals surface area contributed by atoms with Crippen molar-refractivity contribution in [3.63, 3.8) is 0 Å². The summed E-state index contributed by atoms with van der Waals surface area (Å²) in [6, 6.07) is 0. The zero-order valence-corrected chi connectivity index (χ0v) is 6.91. The lowest BCUT2D eigenvalue weighted by atomic mass is 9.96. The summed E-state index contributed by atoms with van der Waals surface area (Å²) in [5.41, 5.74) is 0. The Labute approximate surface area is 60.0 Å². The van der Waals surface area contributed by atoms with Crippen LogP contribution in [0.3, 0.4) is 0 Å². The summed E-state index contributed by atoms with van der Waals surface area (Å²) in [5, 5.41) is 0. The van der Waals surface area contributed by atoms with Crippen LogP contribution in [0.25, 0.3) is 0 Å². The van der Waals surface area contributed by atoms with Crippen molar-refractivity contribution >= 4 is 11.2 Å². The molecule has 2 atom stereocenters. The van der Waals surface area contributed by atoms with Gasteiger partial charge in [0.2, 0.25) is 0 Å². The first-order chi connectivity index (χ1) is 4.20. The van der Waals surface area contributed by atoms with Gasteiger partial charge in [-0.1, -0.05) is 25.0 Å². The van der Waals surface area contributed by atoms with Crippen molar-refractivity contribution in [1.29, 1.82) is 0 Å². The summed E-state index contributed by atoms with van der Waals surface area (Å²) >= 11 is -0.473. The van der Waals surface area contributed by atoms with Gasteiger partial charge in [0.15, 0.2) is 0 Å². The van der Waals surface area contributed by atoms with Crippen molar-refractivity contribution in [2.75, 3.05) is 11.5 Å². The van der Waals surface area contributed by atoms with Crippen LogP contribution in [-0.2, 0) is 11.2 Å². The van der Waals surface area contributed by atoms with E-state index in [-0.39, 0.29) is 0 Å². The van der Waals surface area contributed by atoms with E-state index in [0.717, 1.165) is 23.3 Å². The predicted octanol–water partition coefficient (Wildman–Crippen LogP) is 1.41. The molecule has 0 radical (unpaired) electrons. The highest BCUT2D eigenvalue weighted by Gasteiger charge is 2.27. The van der Waals surface area contributed by atoms with Gasteiger partial charge in [0.25, 0.3) is 0 Å². The summed E-state index contributed by atoms with van der Waals surface area (Å²) in [4.78, 5) is 0. The first kappa shape index (κ1) is 7.42. The lowest BCUT2D eigenvalue weighted by molar-refractivity contribution is 0.428. The highest BCUT2D eigenvalue weighted by molar-refractivity contribution is 7.91. The molecule has 0 aliphatic carbocycles. The zero-order chi connectivity index (χ0) is 6.85. The van der Waals surface area contributed by atoms with E-state index < -0.39 is 11.2 Å². The van der Waals surface area contributed by atoms with Gasteiger partial charge in [0.05, 0.1) is 0 Å². The molecule has 1 fully saturated rings. The van der Waals surface area contributed by atoms with Crippen molar-refractivity contribution in [3.8, 4) is 0 Å². The van der Waals surface area contributed by atoms with E-state index in [2.05, 4.69) is 13.8 Å². The van der Waals surface area contributed by atoms with Gasteiger partial charge in [0.1, 0.15) is 11.5 Å². The van der Waals surface area contributed by atoms with Crippen molar-refractivity contribution in [2.24, 2.45) is 11.8 Å². The molecule has 1 aliphatic heterocycles. The average Bonchev–Trinajstić information content (AvgIpc) is 2.14. The molecule has 2 heteroatoms. The minimum atomic E-state index is -0.473. The maximum Gasteiger partial charge on any atom is 0.108 e. The van der Waals surface area contributed by atoms with E-state index in [1.807, 2.05) is 0 Å². The average molecular weight is 146 g/mol. The Kier molecular flexibility index (Phi) is 2.42. The molecule has 1 rings (SSSR count). The van der Waals surface area contributed by atoms with E-state index >= 15 is 0 Å². The molecule has 0 aromatic heterocycles. The van der Waals surface area contributed by atoms with Crippen LogP contribution in [0.15, 0.2) is 0 Å². The van der Waals surface area contributed by atoms with Crippen molar-refractivity contribution in [3.05, 3.63) is 0 Å². The quantitative estimate of drug-likeness (QED) is 0.513. The summed E-state index contributed by atoms with van der Waals surface area (Å²) in [7, 11) is 0. The third-order valence-corrected chi connectivity index (χ3v) is 3.55. The zero-order valence-electron chi connectivity index (χ0n) is 6.09. The maximum atomic E-state index is 10.9. The molecular weight excluding hydrogens is 132 g/mol. The molecule has 1 saturated heterocycles. The number of rotatable bonds is 1. The van der Waals surface area contributed by atoms with Gasteiger partial charge in [-0.25, -0.2) is 0 Å². The van der Waals surface area contributed by atoms with E-state index in [1.54, 1.807) is 0 Å². The Morgan fingerprint density at radius 3 is 2.44 bits per heavy atom. The summed E-state index contributed by atoms with van der Waals surface area (Å²) in [6.07, 6.45) is 1.18. The first-order valence-electron chi connectivity index (χ1n) is 3.55. The molecule has 54 valence electrons. The van der Waals surface area contributed by atoms with Crippen LogP contribution in [0, 0.1) is 11.8 Å². The van der Waals surface area contributed by atoms with E-state index in [9.17, 15) is 4.55 Å². The molecule has 0 bridgehead atoms. The van der Waals surface area contributed by atoms with Crippen molar-refractivity contribution < 1.29 is 4.55 Å². The Morgan fingerprint density at radius 2 is 2.22 bits per heavy atom. The Bertz CT molecular complexity index is 92.9. The van der Waals surface area contributed by atoms with Crippen molar-refractivity contribution in [2.45, 2.75) is 20.3 Å². The fraction of sp³-hybridized carbons (Fsp3) is 1.00. The van der Waals surface area contributed by atoms with Gasteiger partial charge in [-0.2, -0.15) is 0 Å². The van der Waals surface area contributed by atoms with E-state index in [4.69, 9.17) is 0 Å². The van der Waals surface area contributed by atoms with Crippen LogP contribution in [0.4, 0.5) is 0 Å². The molecular formula is C7H14OS. The molecule has 1 aliphatic rings. The van der Waals surface area contributed by atoms with Crippen molar-refractivity contribution in [1.82, 2.24) is 0 Å². The van der Waals surface area contributed by atoms with Crippen LogP contribution in [-0.4, -0.2) is 16.1 Å². The normalized spacial score (nSPS) is 36.0. The SMILES string of the molecule is CC(C)C1CC[S+]([O-])C1. The van der Waals surface area contributed by atoms with Gasteiger partial charge in [-0.15, -0.1) is 0 Å². The maximum absolute atomic E-state index is 10.9. The van der Waals surface area contributed by atoms with Crippen LogP contribution < -0.4 is 0 Å². The first-order valence-corrected chi connectivity index (χ1v) is 5.04. The molecule has 1 nitrogen and oxygen atoms in total. The molecule has 1 heterocycles. The van der Waals surface area contributed by atoms with Gasteiger partial charge in [-0.05, 0) is 12.3 Å². The topological polar surface area (TPSA) is 23.1 Å². The lowest BCUT2D eigenvalue weighted by Crippen LogP contribution is -2.10. The van der Waals surface area contributed by atoms with Crippen LogP contribution in [0.5, 0.6) is 0 Å². The van der Waals surface area contributed by atoms with Gasteiger partial charge >= 0.3 is 0 Å². The summed E-state index contributed by atoms with van der Waals surface area (Å²) < 4.78 is 10.9. The van der Waals surface area contributed by atoms with Gasteiger partial charge < -0.3 is 4.55 Å². The second-order valence-electron chi connectivity index (χ2n) is 3.10. The van der Waals surface area contributed by atoms with Crippen LogP contribution in [0.1, 0.15) is 20.3 Å².